The van der Waals surface area contributed by atoms with E-state index in [0.29, 0.717) is 12.8 Å². The minimum atomic E-state index is -1.17. The zero-order chi connectivity index (χ0) is 38.0. The van der Waals surface area contributed by atoms with E-state index in [0.717, 1.165) is 26.7 Å². The quantitative estimate of drug-likeness (QED) is 0.0437. The van der Waals surface area contributed by atoms with Crippen molar-refractivity contribution in [3.8, 4) is 11.1 Å². The number of halogens is 1. The molecular weight excluding hydrogens is 730 g/mol. The largest absolute Gasteiger partial charge is 0.370 e. The number of hydrogen-bond acceptors (Lipinski definition) is 7. The number of rotatable bonds is 20. The second-order valence-corrected chi connectivity index (χ2v) is 13.2. The lowest BCUT2D eigenvalue weighted by molar-refractivity contribution is -0.133. The number of benzene rings is 3. The van der Waals surface area contributed by atoms with Gasteiger partial charge < -0.3 is 49.5 Å². The average Bonchev–Trinajstić information content (AvgIpc) is 3.11. The Morgan fingerprint density at radius 2 is 1.06 bits per heavy atom. The Bertz CT molecular complexity index is 1660. The summed E-state index contributed by atoms with van der Waals surface area (Å²) in [6.07, 6.45) is 1.28. The van der Waals surface area contributed by atoms with Gasteiger partial charge in [-0.15, -0.1) is 0 Å². The molecule has 4 atom stereocenters. The number of primary amides is 1. The van der Waals surface area contributed by atoms with Crippen LogP contribution in [0.15, 0.2) is 83.3 Å². The Kier molecular flexibility index (Phi) is 16.5. The molecule has 4 amide bonds. The van der Waals surface area contributed by atoms with Crippen molar-refractivity contribution >= 4 is 51.5 Å². The van der Waals surface area contributed by atoms with Crippen molar-refractivity contribution in [2.45, 2.75) is 62.7 Å². The van der Waals surface area contributed by atoms with Crippen molar-refractivity contribution in [2.75, 3.05) is 13.1 Å². The maximum atomic E-state index is 13.9. The first-order valence-corrected chi connectivity index (χ1v) is 17.6. The Morgan fingerprint density at radius 3 is 1.62 bits per heavy atom. The second kappa shape index (κ2) is 21.0. The molecule has 15 nitrogen and oxygen atoms in total. The van der Waals surface area contributed by atoms with Crippen LogP contribution < -0.4 is 49.5 Å². The van der Waals surface area contributed by atoms with Gasteiger partial charge in [-0.1, -0.05) is 82.7 Å². The zero-order valence-corrected chi connectivity index (χ0v) is 30.4. The lowest BCUT2D eigenvalue weighted by Crippen LogP contribution is -2.58. The van der Waals surface area contributed by atoms with Gasteiger partial charge in [0.25, 0.3) is 0 Å². The number of carbonyl (C=O) groups is 4. The molecule has 0 spiro atoms. The van der Waals surface area contributed by atoms with E-state index in [4.69, 9.17) is 33.8 Å². The molecule has 0 aliphatic carbocycles. The van der Waals surface area contributed by atoms with Gasteiger partial charge in [0.1, 0.15) is 18.1 Å². The van der Waals surface area contributed by atoms with E-state index < -0.39 is 47.8 Å². The zero-order valence-electron chi connectivity index (χ0n) is 28.8. The normalized spacial score (nSPS) is 13.0. The molecule has 3 aromatic carbocycles. The third-order valence-corrected chi connectivity index (χ3v) is 8.63. The number of nitrogens with two attached hydrogens (primary N) is 4. The highest BCUT2D eigenvalue weighted by atomic mass is 79.9. The van der Waals surface area contributed by atoms with Crippen LogP contribution in [0.25, 0.3) is 11.1 Å². The van der Waals surface area contributed by atoms with Crippen molar-refractivity contribution < 1.29 is 19.2 Å². The Balaban J connectivity index is 1.82. The lowest BCUT2D eigenvalue weighted by Gasteiger charge is -2.26. The highest BCUT2D eigenvalue weighted by molar-refractivity contribution is 9.10. The second-order valence-electron chi connectivity index (χ2n) is 12.3. The number of guanidine groups is 2. The van der Waals surface area contributed by atoms with Crippen LogP contribution >= 0.6 is 15.9 Å². The van der Waals surface area contributed by atoms with Crippen LogP contribution in [0.4, 0.5) is 0 Å². The van der Waals surface area contributed by atoms with E-state index in [9.17, 15) is 19.2 Å². The maximum absolute atomic E-state index is 13.9. The minimum absolute atomic E-state index is 0.0552. The van der Waals surface area contributed by atoms with Crippen molar-refractivity contribution in [2.24, 2.45) is 22.9 Å². The smallest absolute Gasteiger partial charge is 0.243 e. The number of hydrogen-bond donors (Lipinski definition) is 11. The molecule has 3 rings (SSSR count). The monoisotopic (exact) mass is 777 g/mol. The molecule has 0 aromatic heterocycles. The molecule has 15 N–H and O–H groups in total. The van der Waals surface area contributed by atoms with Gasteiger partial charge in [-0.3, -0.25) is 30.0 Å². The molecule has 278 valence electrons. The van der Waals surface area contributed by atoms with Crippen LogP contribution in [0.5, 0.6) is 0 Å². The third kappa shape index (κ3) is 14.4. The van der Waals surface area contributed by atoms with Gasteiger partial charge in [0.05, 0.1) is 6.04 Å². The molecule has 0 saturated heterocycles. The summed E-state index contributed by atoms with van der Waals surface area (Å²) in [7, 11) is 0. The van der Waals surface area contributed by atoms with Crippen LogP contribution in [0.1, 0.15) is 36.8 Å². The SMILES string of the molecule is N=C(N)NCCC[C@H](NC(=O)[C@H](Cc1ccc(-c2ccccc2)cc1)NC(=O)[C@H](CCCNC(=N)N)NC(=O)[C@@H](N)Cc1ccc(Br)cc1)C(N)=O. The van der Waals surface area contributed by atoms with E-state index in [2.05, 4.69) is 42.5 Å². The summed E-state index contributed by atoms with van der Waals surface area (Å²) in [5.74, 6) is -3.09. The van der Waals surface area contributed by atoms with Gasteiger partial charge in [0.2, 0.25) is 23.6 Å². The molecule has 0 saturated carbocycles. The molecule has 0 heterocycles. The number of nitrogens with one attached hydrogen (secondary N) is 7. The molecule has 0 aliphatic heterocycles. The summed E-state index contributed by atoms with van der Waals surface area (Å²) in [4.78, 5) is 53.3. The molecule has 0 bridgehead atoms. The molecule has 16 heteroatoms. The van der Waals surface area contributed by atoms with Crippen molar-refractivity contribution in [3.63, 3.8) is 0 Å². The first kappa shape index (κ1) is 40.9. The van der Waals surface area contributed by atoms with Gasteiger partial charge in [-0.05, 0) is 66.5 Å². The first-order valence-electron chi connectivity index (χ1n) is 16.8. The average molecular weight is 779 g/mol. The summed E-state index contributed by atoms with van der Waals surface area (Å²) < 4.78 is 0.878. The van der Waals surface area contributed by atoms with Crippen LogP contribution in [0.3, 0.4) is 0 Å². The minimum Gasteiger partial charge on any atom is -0.370 e. The van der Waals surface area contributed by atoms with Gasteiger partial charge in [0, 0.05) is 24.0 Å². The van der Waals surface area contributed by atoms with Crippen LogP contribution in [-0.2, 0) is 32.0 Å². The van der Waals surface area contributed by atoms with Crippen molar-refractivity contribution in [3.05, 3.63) is 94.5 Å². The molecule has 0 unspecified atom stereocenters. The summed E-state index contributed by atoms with van der Waals surface area (Å²) in [6.45, 7) is 0.545. The Morgan fingerprint density at radius 1 is 0.596 bits per heavy atom. The van der Waals surface area contributed by atoms with E-state index >= 15 is 0 Å². The van der Waals surface area contributed by atoms with Gasteiger partial charge >= 0.3 is 0 Å². The fraction of sp³-hybridized carbons (Fsp3) is 0.333. The number of carbonyl (C=O) groups excluding carboxylic acids is 4. The fourth-order valence-corrected chi connectivity index (χ4v) is 5.58. The van der Waals surface area contributed by atoms with Gasteiger partial charge in [-0.25, -0.2) is 0 Å². The van der Waals surface area contributed by atoms with Crippen molar-refractivity contribution in [1.82, 2.24) is 26.6 Å². The van der Waals surface area contributed by atoms with Crippen LogP contribution in [-0.4, -0.2) is 72.8 Å². The predicted octanol–water partition coefficient (Wildman–Crippen LogP) is 0.695. The van der Waals surface area contributed by atoms with E-state index in [1.165, 1.54) is 0 Å². The van der Waals surface area contributed by atoms with Crippen molar-refractivity contribution in [1.29, 1.82) is 10.8 Å². The third-order valence-electron chi connectivity index (χ3n) is 8.10. The molecule has 52 heavy (non-hydrogen) atoms. The maximum Gasteiger partial charge on any atom is 0.243 e. The summed E-state index contributed by atoms with van der Waals surface area (Å²) in [6, 6.07) is 20.3. The standard InChI is InChI=1S/C36H48BrN11O4/c37-26-16-12-22(13-17-26)20-27(38)32(50)47-29(9-5-19-45-36(42)43)33(51)48-30(34(52)46-28(31(39)49)8-4-18-44-35(40)41)21-23-10-14-25(15-11-23)24-6-2-1-3-7-24/h1-3,6-7,10-17,27-30H,4-5,8-9,18-21,38H2,(H2,39,49)(H,46,52)(H,47,50)(H,48,51)(H4,40,41,44)(H4,42,43,45)/t27-,28-,29-,30-/m0/s1. The van der Waals surface area contributed by atoms with E-state index in [1.807, 2.05) is 78.9 Å². The first-order chi connectivity index (χ1) is 24.8. The topological polar surface area (TPSA) is 280 Å². The van der Waals surface area contributed by atoms with Gasteiger partial charge in [-0.2, -0.15) is 0 Å². The molecule has 0 aliphatic rings. The van der Waals surface area contributed by atoms with Crippen LogP contribution in [0.2, 0.25) is 0 Å². The summed E-state index contributed by atoms with van der Waals surface area (Å²) >= 11 is 3.38. The molecule has 0 fully saturated rings. The predicted molar refractivity (Wildman–Crippen MR) is 205 cm³/mol. The number of amides is 4. The lowest BCUT2D eigenvalue weighted by atomic mass is 9.99. The Labute approximate surface area is 311 Å². The van der Waals surface area contributed by atoms with E-state index in [-0.39, 0.29) is 50.7 Å². The highest BCUT2D eigenvalue weighted by Gasteiger charge is 2.30. The summed E-state index contributed by atoms with van der Waals surface area (Å²) in [5, 5.41) is 28.2. The molecule has 0 radical (unpaired) electrons. The highest BCUT2D eigenvalue weighted by Crippen LogP contribution is 2.20. The fourth-order valence-electron chi connectivity index (χ4n) is 5.31. The van der Waals surface area contributed by atoms with E-state index in [1.54, 1.807) is 0 Å². The summed E-state index contributed by atoms with van der Waals surface area (Å²) in [5.41, 5.74) is 26.1. The van der Waals surface area contributed by atoms with Gasteiger partial charge in [0.15, 0.2) is 11.9 Å². The molecular formula is C36H48BrN11O4. The molecule has 3 aromatic rings. The Hall–Kier alpha value is -5.48. The van der Waals surface area contributed by atoms with Crippen LogP contribution in [0, 0.1) is 10.8 Å².